The van der Waals surface area contributed by atoms with Crippen LogP contribution in [-0.2, 0) is 4.74 Å². The van der Waals surface area contributed by atoms with Crippen molar-refractivity contribution in [1.82, 2.24) is 15.3 Å². The van der Waals surface area contributed by atoms with E-state index in [0.717, 1.165) is 0 Å². The summed E-state index contributed by atoms with van der Waals surface area (Å²) in [5, 5.41) is 3.09. The van der Waals surface area contributed by atoms with E-state index >= 15 is 0 Å². The number of rotatable bonds is 4. The minimum Gasteiger partial charge on any atom is -0.444 e. The van der Waals surface area contributed by atoms with Crippen LogP contribution in [0.15, 0.2) is 6.33 Å². The van der Waals surface area contributed by atoms with E-state index in [0.29, 0.717) is 5.56 Å². The zero-order valence-electron chi connectivity index (χ0n) is 11.6. The van der Waals surface area contributed by atoms with Crippen molar-refractivity contribution in [3.63, 3.8) is 0 Å². The van der Waals surface area contributed by atoms with Crippen molar-refractivity contribution in [2.75, 3.05) is 13.1 Å². The predicted molar refractivity (Wildman–Crippen MR) is 78.1 cm³/mol. The second kappa shape index (κ2) is 7.06. The molecule has 0 bridgehead atoms. The van der Waals surface area contributed by atoms with Gasteiger partial charge in [-0.2, -0.15) is 0 Å². The Kier molecular flexibility index (Phi) is 5.98. The van der Waals surface area contributed by atoms with E-state index in [1.54, 1.807) is 20.8 Å². The van der Waals surface area contributed by atoms with E-state index in [-0.39, 0.29) is 29.3 Å². The lowest BCUT2D eigenvalue weighted by molar-refractivity contribution is 0.0525. The number of alkyl carbamates (subject to hydrolysis) is 1. The highest BCUT2D eigenvalue weighted by atomic mass is 35.5. The standard InChI is InChI=1S/C12H18Cl2N4O2/c1-12(2,3)20-11(19)16-5-7(4-15)8-9(13)17-6-18-10(8)14/h6-7H,4-5,15H2,1-3H3,(H,16,19). The number of carbonyl (C=O) groups excluding carboxylic acids is 1. The van der Waals surface area contributed by atoms with Gasteiger partial charge in [0.05, 0.1) is 0 Å². The summed E-state index contributed by atoms with van der Waals surface area (Å²) in [6.07, 6.45) is 0.739. The van der Waals surface area contributed by atoms with Gasteiger partial charge in [-0.3, -0.25) is 0 Å². The number of halogens is 2. The van der Waals surface area contributed by atoms with Gasteiger partial charge in [0, 0.05) is 24.6 Å². The van der Waals surface area contributed by atoms with Gasteiger partial charge in [0.25, 0.3) is 0 Å². The third kappa shape index (κ3) is 5.11. The molecule has 0 saturated carbocycles. The third-order valence-electron chi connectivity index (χ3n) is 2.37. The van der Waals surface area contributed by atoms with Gasteiger partial charge >= 0.3 is 6.09 Å². The monoisotopic (exact) mass is 320 g/mol. The molecular weight excluding hydrogens is 303 g/mol. The molecule has 0 spiro atoms. The summed E-state index contributed by atoms with van der Waals surface area (Å²) >= 11 is 12.0. The van der Waals surface area contributed by atoms with Crippen LogP contribution in [0.3, 0.4) is 0 Å². The highest BCUT2D eigenvalue weighted by molar-refractivity contribution is 6.34. The molecule has 6 nitrogen and oxygen atoms in total. The Morgan fingerprint density at radius 3 is 2.40 bits per heavy atom. The number of hydrogen-bond donors (Lipinski definition) is 2. The molecule has 1 heterocycles. The smallest absolute Gasteiger partial charge is 0.407 e. The molecule has 20 heavy (non-hydrogen) atoms. The second-order valence-corrected chi connectivity index (χ2v) is 5.90. The molecule has 1 rings (SSSR count). The largest absolute Gasteiger partial charge is 0.444 e. The van der Waals surface area contributed by atoms with E-state index in [9.17, 15) is 4.79 Å². The average molecular weight is 321 g/mol. The number of nitrogens with zero attached hydrogens (tertiary/aromatic N) is 2. The van der Waals surface area contributed by atoms with Gasteiger partial charge in [-0.05, 0) is 20.8 Å². The van der Waals surface area contributed by atoms with Crippen LogP contribution in [0.25, 0.3) is 0 Å². The topological polar surface area (TPSA) is 90.1 Å². The van der Waals surface area contributed by atoms with Crippen LogP contribution in [0.2, 0.25) is 10.3 Å². The zero-order valence-corrected chi connectivity index (χ0v) is 13.1. The highest BCUT2D eigenvalue weighted by Crippen LogP contribution is 2.27. The fourth-order valence-corrected chi connectivity index (χ4v) is 2.14. The average Bonchev–Trinajstić information content (AvgIpc) is 2.30. The second-order valence-electron chi connectivity index (χ2n) is 5.18. The first-order valence-electron chi connectivity index (χ1n) is 6.07. The summed E-state index contributed by atoms with van der Waals surface area (Å²) < 4.78 is 5.14. The van der Waals surface area contributed by atoms with Crippen molar-refractivity contribution < 1.29 is 9.53 Å². The van der Waals surface area contributed by atoms with Gasteiger partial charge in [0.2, 0.25) is 0 Å². The van der Waals surface area contributed by atoms with Gasteiger partial charge in [-0.25, -0.2) is 14.8 Å². The van der Waals surface area contributed by atoms with E-state index in [1.165, 1.54) is 6.33 Å². The fourth-order valence-electron chi connectivity index (χ4n) is 1.52. The van der Waals surface area contributed by atoms with Crippen LogP contribution < -0.4 is 11.1 Å². The highest BCUT2D eigenvalue weighted by Gasteiger charge is 2.21. The van der Waals surface area contributed by atoms with Crippen molar-refractivity contribution in [1.29, 1.82) is 0 Å². The summed E-state index contributed by atoms with van der Waals surface area (Å²) in [4.78, 5) is 19.3. The van der Waals surface area contributed by atoms with Crippen LogP contribution in [-0.4, -0.2) is 34.8 Å². The van der Waals surface area contributed by atoms with Crippen LogP contribution in [0.1, 0.15) is 32.3 Å². The molecule has 0 aromatic carbocycles. The molecule has 0 aliphatic rings. The Hall–Kier alpha value is -1.11. The Balaban J connectivity index is 2.71. The summed E-state index contributed by atoms with van der Waals surface area (Å²) in [6.45, 7) is 5.82. The minimum absolute atomic E-state index is 0.228. The molecule has 1 amide bonds. The molecule has 1 aromatic heterocycles. The molecule has 1 aromatic rings. The first kappa shape index (κ1) is 16.9. The maximum Gasteiger partial charge on any atom is 0.407 e. The number of nitrogens with one attached hydrogen (secondary N) is 1. The van der Waals surface area contributed by atoms with Crippen molar-refractivity contribution >= 4 is 29.3 Å². The van der Waals surface area contributed by atoms with E-state index < -0.39 is 11.7 Å². The summed E-state index contributed by atoms with van der Waals surface area (Å²) in [7, 11) is 0. The Bertz CT molecular complexity index is 457. The number of ether oxygens (including phenoxy) is 1. The molecule has 0 fully saturated rings. The lowest BCUT2D eigenvalue weighted by atomic mass is 10.0. The maximum atomic E-state index is 11.6. The van der Waals surface area contributed by atoms with Gasteiger partial charge in [0.1, 0.15) is 22.2 Å². The van der Waals surface area contributed by atoms with Crippen LogP contribution in [0.5, 0.6) is 0 Å². The quantitative estimate of drug-likeness (QED) is 0.831. The Morgan fingerprint density at radius 2 is 1.95 bits per heavy atom. The molecule has 1 atom stereocenters. The number of amides is 1. The van der Waals surface area contributed by atoms with E-state index in [1.807, 2.05) is 0 Å². The number of carbonyl (C=O) groups is 1. The summed E-state index contributed by atoms with van der Waals surface area (Å²) in [5.74, 6) is -0.288. The van der Waals surface area contributed by atoms with Crippen LogP contribution in [0, 0.1) is 0 Å². The normalized spacial score (nSPS) is 12.9. The lowest BCUT2D eigenvalue weighted by Crippen LogP contribution is -2.36. The van der Waals surface area contributed by atoms with Crippen LogP contribution >= 0.6 is 23.2 Å². The summed E-state index contributed by atoms with van der Waals surface area (Å²) in [6, 6.07) is 0. The Morgan fingerprint density at radius 1 is 1.40 bits per heavy atom. The maximum absolute atomic E-state index is 11.6. The lowest BCUT2D eigenvalue weighted by Gasteiger charge is -2.22. The van der Waals surface area contributed by atoms with Gasteiger partial charge in [-0.1, -0.05) is 23.2 Å². The van der Waals surface area contributed by atoms with E-state index in [2.05, 4.69) is 15.3 Å². The van der Waals surface area contributed by atoms with Crippen molar-refractivity contribution in [2.45, 2.75) is 32.3 Å². The first-order valence-corrected chi connectivity index (χ1v) is 6.83. The zero-order chi connectivity index (χ0) is 15.3. The molecular formula is C12H18Cl2N4O2. The molecule has 0 radical (unpaired) electrons. The van der Waals surface area contributed by atoms with Gasteiger partial charge in [-0.15, -0.1) is 0 Å². The summed E-state index contributed by atoms with van der Waals surface area (Å²) in [5.41, 5.74) is 5.65. The molecule has 0 aliphatic carbocycles. The molecule has 112 valence electrons. The third-order valence-corrected chi connectivity index (χ3v) is 2.97. The van der Waals surface area contributed by atoms with Crippen molar-refractivity contribution in [2.24, 2.45) is 5.73 Å². The molecule has 0 aliphatic heterocycles. The number of aromatic nitrogens is 2. The fraction of sp³-hybridized carbons (Fsp3) is 0.583. The molecule has 8 heteroatoms. The predicted octanol–water partition coefficient (Wildman–Crippen LogP) is 2.35. The van der Waals surface area contributed by atoms with Crippen LogP contribution in [0.4, 0.5) is 4.79 Å². The molecule has 0 saturated heterocycles. The molecule has 1 unspecified atom stereocenters. The minimum atomic E-state index is -0.562. The number of hydrogen-bond acceptors (Lipinski definition) is 5. The molecule has 3 N–H and O–H groups in total. The van der Waals surface area contributed by atoms with Gasteiger partial charge in [0.15, 0.2) is 0 Å². The van der Waals surface area contributed by atoms with Gasteiger partial charge < -0.3 is 15.8 Å². The first-order chi connectivity index (χ1) is 9.24. The SMILES string of the molecule is CC(C)(C)OC(=O)NCC(CN)c1c(Cl)ncnc1Cl. The van der Waals surface area contributed by atoms with E-state index in [4.69, 9.17) is 33.7 Å². The van der Waals surface area contributed by atoms with Crippen molar-refractivity contribution in [3.8, 4) is 0 Å². The Labute approximate surface area is 128 Å². The number of nitrogens with two attached hydrogens (primary N) is 1. The van der Waals surface area contributed by atoms with Crippen molar-refractivity contribution in [3.05, 3.63) is 22.2 Å².